The van der Waals surface area contributed by atoms with E-state index >= 15 is 0 Å². The Hall–Kier alpha value is -2.17. The predicted octanol–water partition coefficient (Wildman–Crippen LogP) is 1.95. The van der Waals surface area contributed by atoms with Crippen LogP contribution < -0.4 is 11.1 Å². The van der Waals surface area contributed by atoms with Crippen molar-refractivity contribution in [1.82, 2.24) is 9.97 Å². The second-order valence-corrected chi connectivity index (χ2v) is 4.41. The normalized spacial score (nSPS) is 16.8. The Kier molecular flexibility index (Phi) is 2.59. The first-order valence-electron chi connectivity index (χ1n) is 5.83. The van der Waals surface area contributed by atoms with E-state index in [9.17, 15) is 4.39 Å². The van der Waals surface area contributed by atoms with Crippen LogP contribution in [-0.4, -0.2) is 16.5 Å². The van der Waals surface area contributed by atoms with Crippen LogP contribution in [-0.2, 0) is 6.42 Å². The van der Waals surface area contributed by atoms with Gasteiger partial charge in [0.15, 0.2) is 11.6 Å². The summed E-state index contributed by atoms with van der Waals surface area (Å²) < 4.78 is 13.4. The molecule has 0 saturated carbocycles. The zero-order valence-corrected chi connectivity index (χ0v) is 9.73. The molecule has 1 aliphatic carbocycles. The molecular formula is C13H13FN4. The maximum absolute atomic E-state index is 13.4. The summed E-state index contributed by atoms with van der Waals surface area (Å²) in [4.78, 5) is 7.43. The fourth-order valence-electron chi connectivity index (χ4n) is 2.27. The van der Waals surface area contributed by atoms with Crippen LogP contribution in [0, 0.1) is 5.82 Å². The van der Waals surface area contributed by atoms with Gasteiger partial charge >= 0.3 is 0 Å². The minimum Gasteiger partial charge on any atom is -0.368 e. The lowest BCUT2D eigenvalue weighted by Gasteiger charge is -2.30. The molecule has 0 saturated heterocycles. The fourth-order valence-corrected chi connectivity index (χ4v) is 2.27. The van der Waals surface area contributed by atoms with Gasteiger partial charge in [-0.15, -0.1) is 0 Å². The van der Waals surface area contributed by atoms with Crippen molar-refractivity contribution in [2.24, 2.45) is 0 Å². The maximum atomic E-state index is 13.4. The van der Waals surface area contributed by atoms with E-state index < -0.39 is 5.82 Å². The smallest absolute Gasteiger partial charge is 0.222 e. The number of nitrogens with two attached hydrogens (primary N) is 1. The number of nitrogen functional groups attached to an aromatic ring is 1. The van der Waals surface area contributed by atoms with Crippen LogP contribution in [0.4, 0.5) is 16.2 Å². The van der Waals surface area contributed by atoms with Crippen molar-refractivity contribution in [2.45, 2.75) is 12.3 Å². The first-order chi connectivity index (χ1) is 8.74. The zero-order chi connectivity index (χ0) is 12.5. The number of nitrogens with one attached hydrogen (secondary N) is 1. The average molecular weight is 244 g/mol. The van der Waals surface area contributed by atoms with Gasteiger partial charge in [0.05, 0.1) is 6.20 Å². The highest BCUT2D eigenvalue weighted by Crippen LogP contribution is 2.34. The van der Waals surface area contributed by atoms with Crippen LogP contribution in [0.25, 0.3) is 0 Å². The molecule has 1 unspecified atom stereocenters. The topological polar surface area (TPSA) is 63.8 Å². The number of nitrogens with zero attached hydrogens (tertiary/aromatic N) is 2. The predicted molar refractivity (Wildman–Crippen MR) is 67.8 cm³/mol. The Morgan fingerprint density at radius 1 is 1.39 bits per heavy atom. The molecule has 3 N–H and O–H groups in total. The molecule has 5 heteroatoms. The first kappa shape index (κ1) is 11.0. The number of halogens is 1. The summed E-state index contributed by atoms with van der Waals surface area (Å²) in [5.74, 6) is 0.188. The van der Waals surface area contributed by atoms with Crippen LogP contribution >= 0.6 is 0 Å². The van der Waals surface area contributed by atoms with Crippen LogP contribution in [0.15, 0.2) is 30.5 Å². The number of hydrogen-bond acceptors (Lipinski definition) is 4. The van der Waals surface area contributed by atoms with Gasteiger partial charge in [-0.2, -0.15) is 4.98 Å². The van der Waals surface area contributed by atoms with E-state index in [2.05, 4.69) is 27.4 Å². The molecule has 0 amide bonds. The van der Waals surface area contributed by atoms with Crippen LogP contribution in [0.1, 0.15) is 17.0 Å². The van der Waals surface area contributed by atoms with Crippen LogP contribution in [0.3, 0.4) is 0 Å². The molecule has 1 aliphatic rings. The third-order valence-corrected chi connectivity index (χ3v) is 3.24. The molecule has 1 heterocycles. The Bertz CT molecular complexity index is 585. The van der Waals surface area contributed by atoms with Gasteiger partial charge in [0.2, 0.25) is 5.95 Å². The second kappa shape index (κ2) is 4.25. The lowest BCUT2D eigenvalue weighted by Crippen LogP contribution is -2.25. The maximum Gasteiger partial charge on any atom is 0.222 e. The summed E-state index contributed by atoms with van der Waals surface area (Å²) in [6.07, 6.45) is 2.10. The Balaban J connectivity index is 1.68. The van der Waals surface area contributed by atoms with E-state index in [4.69, 9.17) is 5.73 Å². The van der Waals surface area contributed by atoms with Gasteiger partial charge in [0, 0.05) is 12.5 Å². The Morgan fingerprint density at radius 3 is 3.06 bits per heavy atom. The van der Waals surface area contributed by atoms with E-state index in [1.807, 2.05) is 12.1 Å². The summed E-state index contributed by atoms with van der Waals surface area (Å²) in [6, 6.07) is 8.28. The lowest BCUT2D eigenvalue weighted by atomic mass is 9.77. The summed E-state index contributed by atoms with van der Waals surface area (Å²) in [5.41, 5.74) is 8.12. The Morgan fingerprint density at radius 2 is 2.22 bits per heavy atom. The number of rotatable bonds is 3. The van der Waals surface area contributed by atoms with E-state index in [1.54, 1.807) is 0 Å². The van der Waals surface area contributed by atoms with Crippen molar-refractivity contribution < 1.29 is 4.39 Å². The molecule has 1 atom stereocenters. The van der Waals surface area contributed by atoms with Crippen molar-refractivity contribution in [3.05, 3.63) is 47.4 Å². The number of anilines is 2. The number of hydrogen-bond donors (Lipinski definition) is 2. The molecule has 18 heavy (non-hydrogen) atoms. The summed E-state index contributed by atoms with van der Waals surface area (Å²) in [5, 5.41) is 2.99. The fraction of sp³-hybridized carbons (Fsp3) is 0.231. The molecule has 1 aromatic heterocycles. The first-order valence-corrected chi connectivity index (χ1v) is 5.83. The average Bonchev–Trinajstić information content (AvgIpc) is 2.34. The monoisotopic (exact) mass is 244 g/mol. The highest BCUT2D eigenvalue weighted by atomic mass is 19.1. The van der Waals surface area contributed by atoms with Crippen molar-refractivity contribution in [2.75, 3.05) is 17.6 Å². The Labute approximate surface area is 104 Å². The summed E-state index contributed by atoms with van der Waals surface area (Å²) in [6.45, 7) is 0.657. The summed E-state index contributed by atoms with van der Waals surface area (Å²) in [7, 11) is 0. The zero-order valence-electron chi connectivity index (χ0n) is 9.73. The van der Waals surface area contributed by atoms with E-state index in [1.165, 1.54) is 11.1 Å². The van der Waals surface area contributed by atoms with Gasteiger partial charge < -0.3 is 11.1 Å². The molecule has 92 valence electrons. The highest BCUT2D eigenvalue weighted by molar-refractivity contribution is 5.44. The van der Waals surface area contributed by atoms with Crippen molar-refractivity contribution >= 4 is 11.8 Å². The van der Waals surface area contributed by atoms with Crippen LogP contribution in [0.2, 0.25) is 0 Å². The van der Waals surface area contributed by atoms with Gasteiger partial charge in [-0.25, -0.2) is 9.37 Å². The molecule has 0 aliphatic heterocycles. The molecular weight excluding hydrogens is 231 g/mol. The summed E-state index contributed by atoms with van der Waals surface area (Å²) >= 11 is 0. The van der Waals surface area contributed by atoms with Gasteiger partial charge in [0.25, 0.3) is 0 Å². The van der Waals surface area contributed by atoms with Gasteiger partial charge in [0.1, 0.15) is 0 Å². The third kappa shape index (κ3) is 1.88. The minimum atomic E-state index is -0.475. The molecule has 4 nitrogen and oxygen atoms in total. The number of benzene rings is 1. The molecule has 0 bridgehead atoms. The molecule has 3 rings (SSSR count). The molecule has 0 radical (unpaired) electrons. The quantitative estimate of drug-likeness (QED) is 0.866. The number of aromatic nitrogens is 2. The van der Waals surface area contributed by atoms with Gasteiger partial charge in [-0.3, -0.25) is 0 Å². The van der Waals surface area contributed by atoms with Gasteiger partial charge in [-0.1, -0.05) is 24.3 Å². The van der Waals surface area contributed by atoms with E-state index in [-0.39, 0.29) is 11.8 Å². The van der Waals surface area contributed by atoms with Crippen molar-refractivity contribution in [3.8, 4) is 0 Å². The third-order valence-electron chi connectivity index (χ3n) is 3.24. The number of fused-ring (bicyclic) bond motifs is 1. The van der Waals surface area contributed by atoms with E-state index in [0.717, 1.165) is 12.6 Å². The lowest BCUT2D eigenvalue weighted by molar-refractivity contribution is 0.604. The van der Waals surface area contributed by atoms with Crippen LogP contribution in [0.5, 0.6) is 0 Å². The minimum absolute atomic E-state index is 0.0768. The molecule has 1 aromatic carbocycles. The highest BCUT2D eigenvalue weighted by Gasteiger charge is 2.25. The van der Waals surface area contributed by atoms with Crippen molar-refractivity contribution in [3.63, 3.8) is 0 Å². The standard InChI is InChI=1S/C13H13FN4/c14-11-7-17-13(15)18-12(11)16-6-9-5-8-3-1-2-4-10(8)9/h1-4,7,9H,5-6H2,(H3,15,16,17,18). The van der Waals surface area contributed by atoms with Crippen molar-refractivity contribution in [1.29, 1.82) is 0 Å². The molecule has 0 fully saturated rings. The molecule has 0 spiro atoms. The second-order valence-electron chi connectivity index (χ2n) is 4.41. The largest absolute Gasteiger partial charge is 0.368 e. The SMILES string of the molecule is Nc1ncc(F)c(NCC2Cc3ccccc32)n1. The van der Waals surface area contributed by atoms with Gasteiger partial charge in [-0.05, 0) is 17.5 Å². The van der Waals surface area contributed by atoms with E-state index in [0.29, 0.717) is 12.5 Å². The molecule has 2 aromatic rings.